The van der Waals surface area contributed by atoms with E-state index in [0.717, 1.165) is 0 Å². The maximum atomic E-state index is 3.74. The number of hydrogen-bond donors (Lipinski definition) is 1. The van der Waals surface area contributed by atoms with Crippen molar-refractivity contribution in [3.63, 3.8) is 0 Å². The molecule has 1 heteroatoms. The van der Waals surface area contributed by atoms with Crippen molar-refractivity contribution in [2.75, 3.05) is 0 Å². The van der Waals surface area contributed by atoms with Gasteiger partial charge in [-0.3, -0.25) is 0 Å². The van der Waals surface area contributed by atoms with Crippen LogP contribution in [0.4, 0.5) is 0 Å². The third-order valence-corrected chi connectivity index (χ3v) is 7.80. The van der Waals surface area contributed by atoms with Crippen LogP contribution in [0.15, 0.2) is 133 Å². The molecule has 0 radical (unpaired) electrons. The molecule has 0 aliphatic rings. The van der Waals surface area contributed by atoms with Crippen LogP contribution < -0.4 is 0 Å². The van der Waals surface area contributed by atoms with Gasteiger partial charge in [-0.25, -0.2) is 0 Å². The minimum absolute atomic E-state index is 1.17. The topological polar surface area (TPSA) is 15.8 Å². The Labute approximate surface area is 214 Å². The van der Waals surface area contributed by atoms with E-state index >= 15 is 0 Å². The first-order valence-electron chi connectivity index (χ1n) is 12.8. The monoisotopic (exact) mass is 469 g/mol. The van der Waals surface area contributed by atoms with Crippen molar-refractivity contribution in [3.05, 3.63) is 133 Å². The molecule has 0 fully saturated rings. The third-order valence-electron chi connectivity index (χ3n) is 7.80. The molecule has 8 aromatic rings. The number of fused-ring (bicyclic) bond motifs is 6. The SMILES string of the molecule is c1ccc2c(-c3c4ccccc4c(-c4cccc5c4[nH]c4ccccc45)c4ccccc34)cccc2c1. The first-order valence-corrected chi connectivity index (χ1v) is 12.8. The highest BCUT2D eigenvalue weighted by Gasteiger charge is 2.19. The number of H-pyrrole nitrogens is 1. The quantitative estimate of drug-likeness (QED) is 0.242. The number of hydrogen-bond acceptors (Lipinski definition) is 0. The van der Waals surface area contributed by atoms with Gasteiger partial charge in [0, 0.05) is 21.9 Å². The first kappa shape index (κ1) is 20.3. The molecule has 0 amide bonds. The van der Waals surface area contributed by atoms with Crippen LogP contribution in [0.5, 0.6) is 0 Å². The molecule has 1 N–H and O–H groups in total. The Kier molecular flexibility index (Phi) is 4.29. The summed E-state index contributed by atoms with van der Waals surface area (Å²) in [6.07, 6.45) is 0. The molecule has 0 aliphatic heterocycles. The first-order chi connectivity index (χ1) is 18.4. The van der Waals surface area contributed by atoms with E-state index in [1.165, 1.54) is 76.4 Å². The van der Waals surface area contributed by atoms with Gasteiger partial charge in [-0.2, -0.15) is 0 Å². The Balaban J connectivity index is 1.57. The lowest BCUT2D eigenvalue weighted by Gasteiger charge is -2.19. The second-order valence-electron chi connectivity index (χ2n) is 9.77. The van der Waals surface area contributed by atoms with Crippen molar-refractivity contribution in [1.29, 1.82) is 0 Å². The highest BCUT2D eigenvalue weighted by atomic mass is 14.7. The summed E-state index contributed by atoms with van der Waals surface area (Å²) in [6.45, 7) is 0. The minimum Gasteiger partial charge on any atom is -0.354 e. The van der Waals surface area contributed by atoms with E-state index in [1.807, 2.05) is 0 Å². The van der Waals surface area contributed by atoms with Gasteiger partial charge in [0.25, 0.3) is 0 Å². The summed E-state index contributed by atoms with van der Waals surface area (Å²) in [4.78, 5) is 3.74. The Bertz CT molecular complexity index is 2080. The molecule has 0 aliphatic carbocycles. The summed E-state index contributed by atoms with van der Waals surface area (Å²) in [6, 6.07) is 48.4. The van der Waals surface area contributed by atoms with Crippen LogP contribution >= 0.6 is 0 Å². The second kappa shape index (κ2) is 7.81. The van der Waals surface area contributed by atoms with Gasteiger partial charge in [0.2, 0.25) is 0 Å². The molecule has 0 saturated carbocycles. The molecular formula is C36H23N. The molecule has 0 unspecified atom stereocenters. The lowest BCUT2D eigenvalue weighted by molar-refractivity contribution is 1.54. The highest BCUT2D eigenvalue weighted by molar-refractivity contribution is 6.26. The smallest absolute Gasteiger partial charge is 0.0544 e. The molecule has 0 bridgehead atoms. The lowest BCUT2D eigenvalue weighted by atomic mass is 9.84. The normalized spacial score (nSPS) is 11.8. The summed E-state index contributed by atoms with van der Waals surface area (Å²) in [7, 11) is 0. The maximum absolute atomic E-state index is 3.74. The molecule has 7 aromatic carbocycles. The minimum atomic E-state index is 1.17. The van der Waals surface area contributed by atoms with Crippen LogP contribution in [0.25, 0.3) is 76.4 Å². The summed E-state index contributed by atoms with van der Waals surface area (Å²) in [5.74, 6) is 0. The van der Waals surface area contributed by atoms with Crippen molar-refractivity contribution in [3.8, 4) is 22.3 Å². The van der Waals surface area contributed by atoms with E-state index in [9.17, 15) is 0 Å². The molecule has 0 atom stereocenters. The number of aromatic amines is 1. The predicted molar refractivity (Wildman–Crippen MR) is 159 cm³/mol. The Morgan fingerprint density at radius 1 is 0.324 bits per heavy atom. The van der Waals surface area contributed by atoms with Crippen molar-refractivity contribution < 1.29 is 0 Å². The van der Waals surface area contributed by atoms with E-state index in [2.05, 4.69) is 138 Å². The standard InChI is InChI=1S/C36H23N/c1-2-13-24-23(11-1)12-9-19-26(24)34-27-15-3-5-17-29(27)35(30-18-6-4-16-28(30)34)32-21-10-20-31-25-14-7-8-22-33(25)37-36(31)32/h1-22,37H. The Hall–Kier alpha value is -4.88. The van der Waals surface area contributed by atoms with Gasteiger partial charge < -0.3 is 4.98 Å². The fraction of sp³-hybridized carbons (Fsp3) is 0. The fourth-order valence-corrected chi connectivity index (χ4v) is 6.23. The summed E-state index contributed by atoms with van der Waals surface area (Å²) >= 11 is 0. The van der Waals surface area contributed by atoms with Crippen molar-refractivity contribution in [1.82, 2.24) is 4.98 Å². The Morgan fingerprint density at radius 2 is 0.784 bits per heavy atom. The molecule has 37 heavy (non-hydrogen) atoms. The molecule has 1 heterocycles. The van der Waals surface area contributed by atoms with Crippen molar-refractivity contribution >= 4 is 54.1 Å². The van der Waals surface area contributed by atoms with Gasteiger partial charge in [-0.15, -0.1) is 0 Å². The zero-order valence-corrected chi connectivity index (χ0v) is 20.2. The fourth-order valence-electron chi connectivity index (χ4n) is 6.23. The van der Waals surface area contributed by atoms with Gasteiger partial charge >= 0.3 is 0 Å². The van der Waals surface area contributed by atoms with E-state index in [4.69, 9.17) is 0 Å². The van der Waals surface area contributed by atoms with E-state index in [-0.39, 0.29) is 0 Å². The number of benzene rings is 7. The average molecular weight is 470 g/mol. The zero-order valence-electron chi connectivity index (χ0n) is 20.2. The zero-order chi connectivity index (χ0) is 24.3. The third kappa shape index (κ3) is 2.92. The Morgan fingerprint density at radius 3 is 1.49 bits per heavy atom. The summed E-state index contributed by atoms with van der Waals surface area (Å²) in [5.41, 5.74) is 7.47. The van der Waals surface area contributed by atoms with Crippen molar-refractivity contribution in [2.24, 2.45) is 0 Å². The molecule has 172 valence electrons. The van der Waals surface area contributed by atoms with Crippen LogP contribution in [0.2, 0.25) is 0 Å². The van der Waals surface area contributed by atoms with E-state index in [0.29, 0.717) is 0 Å². The second-order valence-corrected chi connectivity index (χ2v) is 9.77. The van der Waals surface area contributed by atoms with E-state index in [1.54, 1.807) is 0 Å². The summed E-state index contributed by atoms with van der Waals surface area (Å²) in [5, 5.41) is 10.2. The maximum Gasteiger partial charge on any atom is 0.0544 e. The van der Waals surface area contributed by atoms with Crippen LogP contribution in [0.3, 0.4) is 0 Å². The number of rotatable bonds is 2. The van der Waals surface area contributed by atoms with Gasteiger partial charge in [-0.05, 0) is 55.1 Å². The molecule has 1 nitrogen and oxygen atoms in total. The van der Waals surface area contributed by atoms with E-state index < -0.39 is 0 Å². The van der Waals surface area contributed by atoms with Crippen molar-refractivity contribution in [2.45, 2.75) is 0 Å². The van der Waals surface area contributed by atoms with Crippen LogP contribution in [0, 0.1) is 0 Å². The lowest BCUT2D eigenvalue weighted by Crippen LogP contribution is -1.92. The molecule has 0 saturated heterocycles. The van der Waals surface area contributed by atoms with Gasteiger partial charge in [0.15, 0.2) is 0 Å². The van der Waals surface area contributed by atoms with Gasteiger partial charge in [0.1, 0.15) is 0 Å². The molecule has 0 spiro atoms. The number of nitrogens with one attached hydrogen (secondary N) is 1. The largest absolute Gasteiger partial charge is 0.354 e. The average Bonchev–Trinajstić information content (AvgIpc) is 3.35. The van der Waals surface area contributed by atoms with Crippen LogP contribution in [-0.2, 0) is 0 Å². The molecular weight excluding hydrogens is 446 g/mol. The van der Waals surface area contributed by atoms with Gasteiger partial charge in [0.05, 0.1) is 5.52 Å². The van der Waals surface area contributed by atoms with Gasteiger partial charge in [-0.1, -0.05) is 127 Å². The van der Waals surface area contributed by atoms with Crippen LogP contribution in [-0.4, -0.2) is 4.98 Å². The molecule has 8 rings (SSSR count). The predicted octanol–water partition coefficient (Wildman–Crippen LogP) is 10.1. The summed E-state index contributed by atoms with van der Waals surface area (Å²) < 4.78 is 0. The highest BCUT2D eigenvalue weighted by Crippen LogP contribution is 2.46. The number of aromatic nitrogens is 1. The molecule has 1 aromatic heterocycles. The van der Waals surface area contributed by atoms with Crippen LogP contribution in [0.1, 0.15) is 0 Å². The number of para-hydroxylation sites is 2.